The molecule has 1 saturated heterocycles. The second-order valence-corrected chi connectivity index (χ2v) is 6.96. The maximum absolute atomic E-state index is 12.9. The lowest BCUT2D eigenvalue weighted by Crippen LogP contribution is -2.51. The molecule has 1 aromatic heterocycles. The van der Waals surface area contributed by atoms with E-state index in [0.29, 0.717) is 6.54 Å². The Morgan fingerprint density at radius 3 is 2.63 bits per heavy atom. The Kier molecular flexibility index (Phi) is 5.20. The average Bonchev–Trinajstić information content (AvgIpc) is 2.74. The molecule has 142 valence electrons. The van der Waals surface area contributed by atoms with E-state index in [4.69, 9.17) is 4.74 Å². The molecule has 3 heterocycles. The molecular formula is C20H25N5O2. The van der Waals surface area contributed by atoms with Gasteiger partial charge in [0.25, 0.3) is 0 Å². The van der Waals surface area contributed by atoms with Crippen molar-refractivity contribution in [1.29, 1.82) is 0 Å². The fraction of sp³-hybridized carbons (Fsp3) is 0.450. The van der Waals surface area contributed by atoms with Crippen LogP contribution >= 0.6 is 0 Å². The SMILES string of the molecule is COc1ccc2c(c1)CCCN2C(=O)CN1CCN(c2ncccn2)CC1. The van der Waals surface area contributed by atoms with E-state index in [1.807, 2.05) is 29.2 Å². The summed E-state index contributed by atoms with van der Waals surface area (Å²) in [5.41, 5.74) is 2.23. The summed E-state index contributed by atoms with van der Waals surface area (Å²) < 4.78 is 5.32. The monoisotopic (exact) mass is 367 g/mol. The van der Waals surface area contributed by atoms with Crippen molar-refractivity contribution in [2.45, 2.75) is 12.8 Å². The van der Waals surface area contributed by atoms with Crippen LogP contribution < -0.4 is 14.5 Å². The topological polar surface area (TPSA) is 61.8 Å². The molecule has 0 spiro atoms. The van der Waals surface area contributed by atoms with E-state index in [1.54, 1.807) is 19.5 Å². The first kappa shape index (κ1) is 17.7. The van der Waals surface area contributed by atoms with Gasteiger partial charge in [-0.05, 0) is 42.7 Å². The lowest BCUT2D eigenvalue weighted by molar-refractivity contribution is -0.119. The summed E-state index contributed by atoms with van der Waals surface area (Å²) in [4.78, 5) is 27.9. The van der Waals surface area contributed by atoms with Gasteiger partial charge in [-0.15, -0.1) is 0 Å². The van der Waals surface area contributed by atoms with Crippen molar-refractivity contribution in [3.8, 4) is 5.75 Å². The van der Waals surface area contributed by atoms with Gasteiger partial charge in [0, 0.05) is 50.8 Å². The molecule has 0 N–H and O–H groups in total. The van der Waals surface area contributed by atoms with Crippen molar-refractivity contribution >= 4 is 17.5 Å². The number of benzene rings is 1. The number of carbonyl (C=O) groups is 1. The number of hydrogen-bond acceptors (Lipinski definition) is 6. The van der Waals surface area contributed by atoms with Crippen LogP contribution in [0.15, 0.2) is 36.7 Å². The fourth-order valence-electron chi connectivity index (χ4n) is 3.80. The summed E-state index contributed by atoms with van der Waals surface area (Å²) >= 11 is 0. The molecule has 27 heavy (non-hydrogen) atoms. The van der Waals surface area contributed by atoms with Crippen LogP contribution in [0.2, 0.25) is 0 Å². The Balaban J connectivity index is 1.37. The summed E-state index contributed by atoms with van der Waals surface area (Å²) in [6.07, 6.45) is 5.51. The third-order valence-electron chi connectivity index (χ3n) is 5.27. The van der Waals surface area contributed by atoms with Crippen molar-refractivity contribution in [2.24, 2.45) is 0 Å². The number of aryl methyl sites for hydroxylation is 1. The van der Waals surface area contributed by atoms with Crippen molar-refractivity contribution in [3.05, 3.63) is 42.2 Å². The molecule has 0 unspecified atom stereocenters. The molecule has 1 amide bonds. The number of carbonyl (C=O) groups excluding carboxylic acids is 1. The molecule has 0 bridgehead atoms. The largest absolute Gasteiger partial charge is 0.497 e. The van der Waals surface area contributed by atoms with E-state index in [9.17, 15) is 4.79 Å². The quantitative estimate of drug-likeness (QED) is 0.818. The molecule has 2 aliphatic heterocycles. The second kappa shape index (κ2) is 7.92. The zero-order valence-electron chi connectivity index (χ0n) is 15.7. The predicted octanol–water partition coefficient (Wildman–Crippen LogP) is 1.59. The van der Waals surface area contributed by atoms with Crippen LogP contribution in [0, 0.1) is 0 Å². The van der Waals surface area contributed by atoms with Gasteiger partial charge < -0.3 is 14.5 Å². The molecule has 7 heteroatoms. The highest BCUT2D eigenvalue weighted by molar-refractivity contribution is 5.96. The van der Waals surface area contributed by atoms with E-state index in [0.717, 1.165) is 63.0 Å². The number of piperazine rings is 1. The fourth-order valence-corrected chi connectivity index (χ4v) is 3.80. The smallest absolute Gasteiger partial charge is 0.241 e. The predicted molar refractivity (Wildman–Crippen MR) is 104 cm³/mol. The first-order chi connectivity index (χ1) is 13.2. The molecule has 2 aromatic rings. The highest BCUT2D eigenvalue weighted by atomic mass is 16.5. The van der Waals surface area contributed by atoms with Crippen molar-refractivity contribution in [2.75, 3.05) is 56.2 Å². The second-order valence-electron chi connectivity index (χ2n) is 6.96. The minimum absolute atomic E-state index is 0.172. The van der Waals surface area contributed by atoms with Gasteiger partial charge in [0.2, 0.25) is 11.9 Å². The zero-order chi connectivity index (χ0) is 18.6. The van der Waals surface area contributed by atoms with E-state index in [-0.39, 0.29) is 5.91 Å². The van der Waals surface area contributed by atoms with Crippen LogP contribution in [0.3, 0.4) is 0 Å². The first-order valence-electron chi connectivity index (χ1n) is 9.46. The first-order valence-corrected chi connectivity index (χ1v) is 9.46. The van der Waals surface area contributed by atoms with E-state index >= 15 is 0 Å². The van der Waals surface area contributed by atoms with Crippen molar-refractivity contribution < 1.29 is 9.53 Å². The molecule has 4 rings (SSSR count). The minimum atomic E-state index is 0.172. The van der Waals surface area contributed by atoms with Gasteiger partial charge in [0.15, 0.2) is 0 Å². The minimum Gasteiger partial charge on any atom is -0.497 e. The molecule has 2 aliphatic rings. The number of amides is 1. The summed E-state index contributed by atoms with van der Waals surface area (Å²) in [7, 11) is 1.67. The van der Waals surface area contributed by atoms with Crippen molar-refractivity contribution in [1.82, 2.24) is 14.9 Å². The number of aromatic nitrogens is 2. The number of methoxy groups -OCH3 is 1. The molecule has 0 saturated carbocycles. The Morgan fingerprint density at radius 1 is 1.11 bits per heavy atom. The molecule has 1 aromatic carbocycles. The Hall–Kier alpha value is -2.67. The van der Waals surface area contributed by atoms with Crippen LogP contribution in [-0.4, -0.2) is 67.2 Å². The number of nitrogens with zero attached hydrogens (tertiary/aromatic N) is 5. The molecule has 1 fully saturated rings. The molecule has 0 radical (unpaired) electrons. The van der Waals surface area contributed by atoms with Crippen LogP contribution in [0.5, 0.6) is 5.75 Å². The highest BCUT2D eigenvalue weighted by Crippen LogP contribution is 2.30. The average molecular weight is 367 g/mol. The molecular weight excluding hydrogens is 342 g/mol. The van der Waals surface area contributed by atoms with Crippen molar-refractivity contribution in [3.63, 3.8) is 0 Å². The van der Waals surface area contributed by atoms with E-state index in [2.05, 4.69) is 19.8 Å². The Morgan fingerprint density at radius 2 is 1.89 bits per heavy atom. The van der Waals surface area contributed by atoms with Gasteiger partial charge in [-0.2, -0.15) is 0 Å². The molecule has 0 atom stereocenters. The standard InChI is InChI=1S/C20H25N5O2/c1-27-17-5-6-18-16(14-17)4-2-9-25(18)19(26)15-23-10-12-24(13-11-23)20-21-7-3-8-22-20/h3,5-8,14H,2,4,9-13,15H2,1H3. The molecule has 0 aliphatic carbocycles. The number of hydrogen-bond donors (Lipinski definition) is 0. The Labute approximate surface area is 159 Å². The summed E-state index contributed by atoms with van der Waals surface area (Å²) in [5.74, 6) is 1.79. The third-order valence-corrected chi connectivity index (χ3v) is 5.27. The normalized spacial score (nSPS) is 17.5. The maximum Gasteiger partial charge on any atom is 0.241 e. The van der Waals surface area contributed by atoms with Gasteiger partial charge in [-0.25, -0.2) is 9.97 Å². The lowest BCUT2D eigenvalue weighted by Gasteiger charge is -2.36. The lowest BCUT2D eigenvalue weighted by atomic mass is 10.0. The van der Waals surface area contributed by atoms with Crippen LogP contribution in [0.25, 0.3) is 0 Å². The van der Waals surface area contributed by atoms with Gasteiger partial charge >= 0.3 is 0 Å². The van der Waals surface area contributed by atoms with Gasteiger partial charge in [0.1, 0.15) is 5.75 Å². The summed E-state index contributed by atoms with van der Waals surface area (Å²) in [6.45, 7) is 4.60. The summed E-state index contributed by atoms with van der Waals surface area (Å²) in [5, 5.41) is 0. The van der Waals surface area contributed by atoms with Gasteiger partial charge in [0.05, 0.1) is 13.7 Å². The highest BCUT2D eigenvalue weighted by Gasteiger charge is 2.26. The summed E-state index contributed by atoms with van der Waals surface area (Å²) in [6, 6.07) is 7.82. The Bertz CT molecular complexity index is 790. The van der Waals surface area contributed by atoms with Crippen LogP contribution in [0.4, 0.5) is 11.6 Å². The van der Waals surface area contributed by atoms with E-state index in [1.165, 1.54) is 5.56 Å². The van der Waals surface area contributed by atoms with Crippen LogP contribution in [0.1, 0.15) is 12.0 Å². The maximum atomic E-state index is 12.9. The zero-order valence-corrected chi connectivity index (χ0v) is 15.7. The van der Waals surface area contributed by atoms with Gasteiger partial charge in [-0.1, -0.05) is 0 Å². The van der Waals surface area contributed by atoms with Gasteiger partial charge in [-0.3, -0.25) is 9.69 Å². The van der Waals surface area contributed by atoms with E-state index < -0.39 is 0 Å². The number of anilines is 2. The third kappa shape index (κ3) is 3.88. The number of ether oxygens (including phenoxy) is 1. The molecule has 7 nitrogen and oxygen atoms in total. The van der Waals surface area contributed by atoms with Crippen LogP contribution in [-0.2, 0) is 11.2 Å². The number of rotatable bonds is 4. The number of fused-ring (bicyclic) bond motifs is 1.